The molecule has 1 aromatic carbocycles. The second-order valence-electron chi connectivity index (χ2n) is 5.09. The Morgan fingerprint density at radius 2 is 2.05 bits per heavy atom. The molecule has 1 atom stereocenters. The Kier molecular flexibility index (Phi) is 4.22. The minimum absolute atomic E-state index is 0.180. The van der Waals surface area contributed by atoms with Gasteiger partial charge in [-0.25, -0.2) is 0 Å². The van der Waals surface area contributed by atoms with Gasteiger partial charge in [-0.15, -0.1) is 11.3 Å². The number of benzene rings is 1. The summed E-state index contributed by atoms with van der Waals surface area (Å²) >= 11 is 4.94. The van der Waals surface area contributed by atoms with Crippen molar-refractivity contribution in [2.24, 2.45) is 0 Å². The molecule has 1 amide bonds. The third kappa shape index (κ3) is 2.96. The second kappa shape index (κ2) is 6.10. The van der Waals surface area contributed by atoms with E-state index in [1.54, 1.807) is 0 Å². The highest BCUT2D eigenvalue weighted by Crippen LogP contribution is 2.28. The normalized spacial score (nSPS) is 18.4. The number of amides is 1. The van der Waals surface area contributed by atoms with Gasteiger partial charge in [0.1, 0.15) is 0 Å². The Balaban J connectivity index is 1.74. The molecule has 0 aliphatic carbocycles. The van der Waals surface area contributed by atoms with E-state index in [1.165, 1.54) is 16.9 Å². The average Bonchev–Trinajstić information content (AvgIpc) is 3.08. The van der Waals surface area contributed by atoms with Crippen molar-refractivity contribution in [2.45, 2.75) is 25.3 Å². The smallest absolute Gasteiger partial charge is 0.264 e. The number of hydrogen-bond acceptors (Lipinski definition) is 2. The molecular formula is C16H16BrNOS. The van der Waals surface area contributed by atoms with Crippen LogP contribution in [-0.4, -0.2) is 23.4 Å². The summed E-state index contributed by atoms with van der Waals surface area (Å²) in [6.45, 7) is 0.881. The number of carbonyl (C=O) groups excluding carboxylic acids is 1. The Hall–Kier alpha value is -1.13. The number of carbonyl (C=O) groups is 1. The van der Waals surface area contributed by atoms with Crippen molar-refractivity contribution in [2.75, 3.05) is 6.54 Å². The Labute approximate surface area is 131 Å². The molecule has 0 saturated carbocycles. The van der Waals surface area contributed by atoms with Gasteiger partial charge in [0.05, 0.1) is 8.66 Å². The molecule has 4 heteroatoms. The standard InChI is InChI=1S/C16H16BrNOS/c17-15-9-8-14(20-15)16(19)18-10-4-7-13(18)11-12-5-2-1-3-6-12/h1-3,5-6,8-9,13H,4,7,10-11H2. The molecule has 104 valence electrons. The quantitative estimate of drug-likeness (QED) is 0.806. The van der Waals surface area contributed by atoms with Crippen molar-refractivity contribution >= 4 is 33.2 Å². The molecule has 1 fully saturated rings. The molecule has 0 bridgehead atoms. The van der Waals surface area contributed by atoms with Crippen LogP contribution in [0.3, 0.4) is 0 Å². The monoisotopic (exact) mass is 349 g/mol. The lowest BCUT2D eigenvalue weighted by Crippen LogP contribution is -2.36. The van der Waals surface area contributed by atoms with Gasteiger partial charge in [-0.3, -0.25) is 4.79 Å². The number of thiophene rings is 1. The van der Waals surface area contributed by atoms with Crippen LogP contribution in [0.2, 0.25) is 0 Å². The van der Waals surface area contributed by atoms with Gasteiger partial charge in [-0.05, 0) is 52.9 Å². The average molecular weight is 350 g/mol. The van der Waals surface area contributed by atoms with E-state index < -0.39 is 0 Å². The summed E-state index contributed by atoms with van der Waals surface area (Å²) in [5.74, 6) is 0.180. The van der Waals surface area contributed by atoms with E-state index in [9.17, 15) is 4.79 Å². The summed E-state index contributed by atoms with van der Waals surface area (Å²) in [5.41, 5.74) is 1.31. The molecule has 2 heterocycles. The summed E-state index contributed by atoms with van der Waals surface area (Å²) in [4.78, 5) is 15.5. The number of halogens is 1. The Morgan fingerprint density at radius 3 is 2.75 bits per heavy atom. The predicted octanol–water partition coefficient (Wildman–Crippen LogP) is 4.36. The number of likely N-dealkylation sites (tertiary alicyclic amines) is 1. The van der Waals surface area contributed by atoms with Crippen molar-refractivity contribution in [3.8, 4) is 0 Å². The van der Waals surface area contributed by atoms with E-state index >= 15 is 0 Å². The topological polar surface area (TPSA) is 20.3 Å². The van der Waals surface area contributed by atoms with E-state index in [-0.39, 0.29) is 5.91 Å². The lowest BCUT2D eigenvalue weighted by Gasteiger charge is -2.24. The van der Waals surface area contributed by atoms with Crippen LogP contribution in [0.25, 0.3) is 0 Å². The van der Waals surface area contributed by atoms with Crippen molar-refractivity contribution in [1.82, 2.24) is 4.90 Å². The zero-order valence-corrected chi connectivity index (χ0v) is 13.5. The van der Waals surface area contributed by atoms with Crippen molar-refractivity contribution in [3.63, 3.8) is 0 Å². The molecule has 1 aliphatic rings. The maximum Gasteiger partial charge on any atom is 0.264 e. The van der Waals surface area contributed by atoms with E-state index in [4.69, 9.17) is 0 Å². The van der Waals surface area contributed by atoms with Gasteiger partial charge in [0.2, 0.25) is 0 Å². The third-order valence-corrected chi connectivity index (χ3v) is 5.35. The van der Waals surface area contributed by atoms with Crippen LogP contribution in [0.1, 0.15) is 28.1 Å². The van der Waals surface area contributed by atoms with Crippen molar-refractivity contribution < 1.29 is 4.79 Å². The molecule has 1 unspecified atom stereocenters. The van der Waals surface area contributed by atoms with Crippen LogP contribution in [0.5, 0.6) is 0 Å². The zero-order valence-electron chi connectivity index (χ0n) is 11.1. The SMILES string of the molecule is O=C(c1ccc(Br)s1)N1CCCC1Cc1ccccc1. The van der Waals surface area contributed by atoms with E-state index in [1.807, 2.05) is 23.1 Å². The van der Waals surface area contributed by atoms with Gasteiger partial charge >= 0.3 is 0 Å². The molecule has 2 aromatic rings. The van der Waals surface area contributed by atoms with E-state index in [0.717, 1.165) is 34.5 Å². The van der Waals surface area contributed by atoms with Crippen LogP contribution in [0.15, 0.2) is 46.3 Å². The molecule has 2 nitrogen and oxygen atoms in total. The maximum absolute atomic E-state index is 12.6. The van der Waals surface area contributed by atoms with Gasteiger partial charge < -0.3 is 4.90 Å². The van der Waals surface area contributed by atoms with Crippen LogP contribution in [0.4, 0.5) is 0 Å². The van der Waals surface area contributed by atoms with Gasteiger partial charge in [-0.2, -0.15) is 0 Å². The van der Waals surface area contributed by atoms with Gasteiger partial charge in [0, 0.05) is 12.6 Å². The molecule has 3 rings (SSSR count). The lowest BCUT2D eigenvalue weighted by atomic mass is 10.0. The highest BCUT2D eigenvalue weighted by atomic mass is 79.9. The summed E-state index contributed by atoms with van der Waals surface area (Å²) < 4.78 is 1.01. The number of rotatable bonds is 3. The molecule has 1 aromatic heterocycles. The highest BCUT2D eigenvalue weighted by Gasteiger charge is 2.30. The highest BCUT2D eigenvalue weighted by molar-refractivity contribution is 9.11. The minimum atomic E-state index is 0.180. The van der Waals surface area contributed by atoms with Crippen LogP contribution >= 0.6 is 27.3 Å². The lowest BCUT2D eigenvalue weighted by molar-refractivity contribution is 0.0741. The first-order chi connectivity index (χ1) is 9.74. The zero-order chi connectivity index (χ0) is 13.9. The predicted molar refractivity (Wildman–Crippen MR) is 86.2 cm³/mol. The second-order valence-corrected chi connectivity index (χ2v) is 7.55. The molecule has 1 saturated heterocycles. The summed E-state index contributed by atoms with van der Waals surface area (Å²) in [6, 6.07) is 14.6. The Bertz CT molecular complexity index is 596. The maximum atomic E-state index is 12.6. The van der Waals surface area contributed by atoms with Crippen LogP contribution in [-0.2, 0) is 6.42 Å². The third-order valence-electron chi connectivity index (χ3n) is 3.74. The Morgan fingerprint density at radius 1 is 1.25 bits per heavy atom. The minimum Gasteiger partial charge on any atom is -0.335 e. The summed E-state index contributed by atoms with van der Waals surface area (Å²) in [7, 11) is 0. The largest absolute Gasteiger partial charge is 0.335 e. The van der Waals surface area contributed by atoms with Gasteiger partial charge in [0.15, 0.2) is 0 Å². The van der Waals surface area contributed by atoms with Crippen LogP contribution in [0, 0.1) is 0 Å². The van der Waals surface area contributed by atoms with Crippen molar-refractivity contribution in [1.29, 1.82) is 0 Å². The van der Waals surface area contributed by atoms with Crippen molar-refractivity contribution in [3.05, 3.63) is 56.7 Å². The first-order valence-corrected chi connectivity index (χ1v) is 8.45. The number of hydrogen-bond donors (Lipinski definition) is 0. The molecular weight excluding hydrogens is 334 g/mol. The number of nitrogens with zero attached hydrogens (tertiary/aromatic N) is 1. The van der Waals surface area contributed by atoms with E-state index in [2.05, 4.69) is 40.2 Å². The van der Waals surface area contributed by atoms with Crippen LogP contribution < -0.4 is 0 Å². The van der Waals surface area contributed by atoms with E-state index in [0.29, 0.717) is 6.04 Å². The van der Waals surface area contributed by atoms with Gasteiger partial charge in [-0.1, -0.05) is 30.3 Å². The molecule has 20 heavy (non-hydrogen) atoms. The fourth-order valence-electron chi connectivity index (χ4n) is 2.77. The molecule has 1 aliphatic heterocycles. The first-order valence-electron chi connectivity index (χ1n) is 6.84. The fourth-order valence-corrected chi connectivity index (χ4v) is 4.11. The van der Waals surface area contributed by atoms with Gasteiger partial charge in [0.25, 0.3) is 5.91 Å². The molecule has 0 spiro atoms. The summed E-state index contributed by atoms with van der Waals surface area (Å²) in [5, 5.41) is 0. The summed E-state index contributed by atoms with van der Waals surface area (Å²) in [6.07, 6.45) is 3.17. The first kappa shape index (κ1) is 13.8. The molecule has 0 radical (unpaired) electrons. The fraction of sp³-hybridized carbons (Fsp3) is 0.312. The molecule has 0 N–H and O–H groups in total.